The summed E-state index contributed by atoms with van der Waals surface area (Å²) >= 11 is 0. The average molecular weight is 249 g/mol. The molecule has 104 valence electrons. The summed E-state index contributed by atoms with van der Waals surface area (Å²) in [6.45, 7) is 10.8. The van der Waals surface area contributed by atoms with Gasteiger partial charge in [-0.25, -0.2) is 0 Å². The van der Waals surface area contributed by atoms with Gasteiger partial charge in [0.25, 0.3) is 0 Å². The molecule has 1 N–H and O–H groups in total. The summed E-state index contributed by atoms with van der Waals surface area (Å²) in [6.07, 6.45) is 9.39. The number of hydrogen-bond acceptors (Lipinski definition) is 1. The van der Waals surface area contributed by atoms with Crippen molar-refractivity contribution in [2.75, 3.05) is 6.54 Å². The van der Waals surface area contributed by atoms with Crippen LogP contribution in [0, 0.1) is 23.7 Å². The standard InChI is InChI=1S/C17H31N/c1-12-8-13(2)10-16(9-12)11-18-17-7-5-6-14(3)15(17)4/h8,12,14-18H,5-7,9-11H2,1-4H3. The molecule has 1 saturated carbocycles. The maximum absolute atomic E-state index is 3.89. The molecule has 0 amide bonds. The van der Waals surface area contributed by atoms with E-state index in [1.54, 1.807) is 5.57 Å². The average Bonchev–Trinajstić information content (AvgIpc) is 2.30. The highest BCUT2D eigenvalue weighted by molar-refractivity contribution is 5.06. The lowest BCUT2D eigenvalue weighted by Gasteiger charge is -2.36. The van der Waals surface area contributed by atoms with Crippen LogP contribution in [0.4, 0.5) is 0 Å². The molecular weight excluding hydrogens is 218 g/mol. The SMILES string of the molecule is CC1=CC(C)CC(CNC2CCCC(C)C2C)C1. The molecule has 2 rings (SSSR count). The molecule has 5 atom stereocenters. The van der Waals surface area contributed by atoms with Gasteiger partial charge in [-0.2, -0.15) is 0 Å². The second-order valence-corrected chi connectivity index (χ2v) is 7.08. The second kappa shape index (κ2) is 6.23. The predicted molar refractivity (Wildman–Crippen MR) is 79.6 cm³/mol. The third-order valence-corrected chi connectivity index (χ3v) is 5.26. The van der Waals surface area contributed by atoms with Crippen molar-refractivity contribution in [3.63, 3.8) is 0 Å². The molecule has 1 heteroatoms. The molecule has 2 aliphatic carbocycles. The van der Waals surface area contributed by atoms with Gasteiger partial charge in [-0.15, -0.1) is 0 Å². The van der Waals surface area contributed by atoms with E-state index in [9.17, 15) is 0 Å². The fraction of sp³-hybridized carbons (Fsp3) is 0.882. The normalized spacial score (nSPS) is 41.6. The van der Waals surface area contributed by atoms with Gasteiger partial charge >= 0.3 is 0 Å². The van der Waals surface area contributed by atoms with Crippen molar-refractivity contribution in [1.82, 2.24) is 5.32 Å². The maximum atomic E-state index is 3.89. The second-order valence-electron chi connectivity index (χ2n) is 7.08. The Morgan fingerprint density at radius 2 is 2.00 bits per heavy atom. The Hall–Kier alpha value is -0.300. The van der Waals surface area contributed by atoms with Crippen LogP contribution < -0.4 is 5.32 Å². The first kappa shape index (κ1) is 14.1. The number of allylic oxidation sites excluding steroid dienone is 2. The summed E-state index contributed by atoms with van der Waals surface area (Å²) in [4.78, 5) is 0. The predicted octanol–water partition coefficient (Wildman–Crippen LogP) is 4.39. The van der Waals surface area contributed by atoms with E-state index in [0.29, 0.717) is 0 Å². The highest BCUT2D eigenvalue weighted by Crippen LogP contribution is 2.31. The molecule has 18 heavy (non-hydrogen) atoms. The van der Waals surface area contributed by atoms with Crippen molar-refractivity contribution in [2.24, 2.45) is 23.7 Å². The zero-order valence-electron chi connectivity index (χ0n) is 12.7. The zero-order chi connectivity index (χ0) is 13.1. The number of nitrogens with one attached hydrogen (secondary N) is 1. The molecule has 0 aliphatic heterocycles. The Balaban J connectivity index is 1.79. The molecule has 1 nitrogen and oxygen atoms in total. The van der Waals surface area contributed by atoms with Crippen LogP contribution in [0.5, 0.6) is 0 Å². The Labute approximate surface area is 113 Å². The third-order valence-electron chi connectivity index (χ3n) is 5.26. The number of rotatable bonds is 3. The molecule has 2 aliphatic rings. The molecule has 5 unspecified atom stereocenters. The summed E-state index contributed by atoms with van der Waals surface area (Å²) < 4.78 is 0. The van der Waals surface area contributed by atoms with Gasteiger partial charge < -0.3 is 5.32 Å². The largest absolute Gasteiger partial charge is 0.313 e. The van der Waals surface area contributed by atoms with Crippen molar-refractivity contribution in [2.45, 2.75) is 65.8 Å². The Kier molecular flexibility index (Phi) is 4.89. The van der Waals surface area contributed by atoms with Gasteiger partial charge in [-0.1, -0.05) is 45.3 Å². The van der Waals surface area contributed by atoms with Crippen LogP contribution in [0.3, 0.4) is 0 Å². The first-order valence-corrected chi connectivity index (χ1v) is 7.97. The highest BCUT2D eigenvalue weighted by atomic mass is 14.9. The lowest BCUT2D eigenvalue weighted by atomic mass is 9.77. The molecule has 0 heterocycles. The van der Waals surface area contributed by atoms with E-state index in [4.69, 9.17) is 0 Å². The first-order valence-electron chi connectivity index (χ1n) is 7.97. The molecule has 0 saturated heterocycles. The van der Waals surface area contributed by atoms with Gasteiger partial charge in [0.05, 0.1) is 0 Å². The summed E-state index contributed by atoms with van der Waals surface area (Å²) in [6, 6.07) is 0.773. The van der Waals surface area contributed by atoms with E-state index < -0.39 is 0 Å². The molecule has 0 radical (unpaired) electrons. The van der Waals surface area contributed by atoms with Gasteiger partial charge in [0, 0.05) is 6.04 Å². The molecule has 0 spiro atoms. The zero-order valence-corrected chi connectivity index (χ0v) is 12.7. The lowest BCUT2D eigenvalue weighted by molar-refractivity contribution is 0.197. The first-order chi connectivity index (χ1) is 8.56. The highest BCUT2D eigenvalue weighted by Gasteiger charge is 2.27. The van der Waals surface area contributed by atoms with E-state index in [0.717, 1.165) is 29.7 Å². The Morgan fingerprint density at radius 1 is 1.22 bits per heavy atom. The van der Waals surface area contributed by atoms with Crippen molar-refractivity contribution in [3.8, 4) is 0 Å². The van der Waals surface area contributed by atoms with Gasteiger partial charge in [-0.05, 0) is 56.4 Å². The van der Waals surface area contributed by atoms with Crippen molar-refractivity contribution < 1.29 is 0 Å². The van der Waals surface area contributed by atoms with Crippen LogP contribution in [0.2, 0.25) is 0 Å². The molecule has 1 fully saturated rings. The van der Waals surface area contributed by atoms with Crippen LogP contribution in [-0.2, 0) is 0 Å². The minimum Gasteiger partial charge on any atom is -0.313 e. The molecule has 0 bridgehead atoms. The van der Waals surface area contributed by atoms with E-state index >= 15 is 0 Å². The van der Waals surface area contributed by atoms with Gasteiger partial charge in [0.1, 0.15) is 0 Å². The summed E-state index contributed by atoms with van der Waals surface area (Å²) in [5.74, 6) is 3.42. The molecule has 0 aromatic rings. The van der Waals surface area contributed by atoms with Crippen LogP contribution in [0.1, 0.15) is 59.8 Å². The van der Waals surface area contributed by atoms with E-state index in [2.05, 4.69) is 39.1 Å². The van der Waals surface area contributed by atoms with E-state index in [-0.39, 0.29) is 0 Å². The van der Waals surface area contributed by atoms with Gasteiger partial charge in [0.15, 0.2) is 0 Å². The lowest BCUT2D eigenvalue weighted by Crippen LogP contribution is -2.43. The van der Waals surface area contributed by atoms with Crippen molar-refractivity contribution in [1.29, 1.82) is 0 Å². The number of hydrogen-bond donors (Lipinski definition) is 1. The molecule has 0 aromatic heterocycles. The summed E-state index contributed by atoms with van der Waals surface area (Å²) in [5, 5.41) is 3.89. The quantitative estimate of drug-likeness (QED) is 0.731. The van der Waals surface area contributed by atoms with Gasteiger partial charge in [0.2, 0.25) is 0 Å². The topological polar surface area (TPSA) is 12.0 Å². The van der Waals surface area contributed by atoms with Crippen LogP contribution >= 0.6 is 0 Å². The maximum Gasteiger partial charge on any atom is 0.00953 e. The van der Waals surface area contributed by atoms with Gasteiger partial charge in [-0.3, -0.25) is 0 Å². The Morgan fingerprint density at radius 3 is 2.72 bits per heavy atom. The van der Waals surface area contributed by atoms with Crippen LogP contribution in [0.15, 0.2) is 11.6 Å². The minimum absolute atomic E-state index is 0.773. The summed E-state index contributed by atoms with van der Waals surface area (Å²) in [7, 11) is 0. The fourth-order valence-corrected chi connectivity index (χ4v) is 4.03. The smallest absolute Gasteiger partial charge is 0.00953 e. The Bertz CT molecular complexity index is 294. The monoisotopic (exact) mass is 249 g/mol. The summed E-state index contributed by atoms with van der Waals surface area (Å²) in [5.41, 5.74) is 1.60. The van der Waals surface area contributed by atoms with Crippen molar-refractivity contribution >= 4 is 0 Å². The third kappa shape index (κ3) is 3.60. The van der Waals surface area contributed by atoms with E-state index in [1.807, 2.05) is 0 Å². The van der Waals surface area contributed by atoms with Crippen LogP contribution in [-0.4, -0.2) is 12.6 Å². The minimum atomic E-state index is 0.773. The fourth-order valence-electron chi connectivity index (χ4n) is 4.03. The van der Waals surface area contributed by atoms with Crippen LogP contribution in [0.25, 0.3) is 0 Å². The molecular formula is C17H31N. The van der Waals surface area contributed by atoms with Crippen molar-refractivity contribution in [3.05, 3.63) is 11.6 Å². The molecule has 0 aromatic carbocycles. The van der Waals surface area contributed by atoms with E-state index in [1.165, 1.54) is 38.6 Å².